The topological polar surface area (TPSA) is 30.5 Å². The average Bonchev–Trinajstić information content (AvgIpc) is 2.90. The molecule has 3 aromatic carbocycles. The van der Waals surface area contributed by atoms with Gasteiger partial charge in [-0.3, -0.25) is 0 Å². The van der Waals surface area contributed by atoms with Gasteiger partial charge in [-0.05, 0) is 59.9 Å². The molecule has 0 heterocycles. The van der Waals surface area contributed by atoms with Gasteiger partial charge in [-0.15, -0.1) is 13.2 Å². The van der Waals surface area contributed by atoms with E-state index in [2.05, 4.69) is 16.6 Å². The molecule has 0 spiro atoms. The molecule has 9 heteroatoms. The van der Waals surface area contributed by atoms with Gasteiger partial charge in [-0.1, -0.05) is 91.0 Å². The van der Waals surface area contributed by atoms with Crippen LogP contribution < -0.4 is 14.8 Å². The highest BCUT2D eigenvalue weighted by atomic mass is 35.5. The number of hydrogen-bond donors (Lipinski definition) is 1. The Morgan fingerprint density at radius 1 is 0.878 bits per heavy atom. The van der Waals surface area contributed by atoms with Gasteiger partial charge in [0.05, 0.1) is 0 Å². The Bertz CT molecular complexity index is 1300. The van der Waals surface area contributed by atoms with E-state index in [1.54, 1.807) is 18.2 Å². The van der Waals surface area contributed by atoms with Crippen LogP contribution in [0.5, 0.6) is 11.5 Å². The smallest absolute Gasteiger partial charge is 0.433 e. The molecule has 0 amide bonds. The third-order valence-corrected chi connectivity index (χ3v) is 6.65. The first kappa shape index (κ1) is 31.9. The number of ether oxygens (including phenoxy) is 2. The largest absolute Gasteiger partial charge is 0.573 e. The Kier molecular flexibility index (Phi) is 10.8. The van der Waals surface area contributed by atoms with Crippen molar-refractivity contribution in [2.45, 2.75) is 38.2 Å². The first-order valence-electron chi connectivity index (χ1n) is 12.8. The molecule has 0 aliphatic carbocycles. The summed E-state index contributed by atoms with van der Waals surface area (Å²) in [6.07, 6.45) is -2.87. The SMILES string of the molecule is C=C/C(Cl)=C(\C=C/C)CNCC(Cc1ccccc1)(c1cccc(OC(C)(F)F)c1)c1cccc(OC(F)(F)F)c1. The predicted molar refractivity (Wildman–Crippen MR) is 153 cm³/mol. The van der Waals surface area contributed by atoms with E-state index in [1.807, 2.05) is 49.4 Å². The maximum absolute atomic E-state index is 13.8. The van der Waals surface area contributed by atoms with Gasteiger partial charge in [0.15, 0.2) is 0 Å². The van der Waals surface area contributed by atoms with Gasteiger partial charge < -0.3 is 14.8 Å². The van der Waals surface area contributed by atoms with Crippen LogP contribution in [-0.4, -0.2) is 25.6 Å². The van der Waals surface area contributed by atoms with E-state index in [0.29, 0.717) is 36.0 Å². The average molecular weight is 592 g/mol. The number of rotatable bonds is 13. The molecule has 1 N–H and O–H groups in total. The Hall–Kier alpha value is -3.62. The van der Waals surface area contributed by atoms with Crippen LogP contribution >= 0.6 is 11.6 Å². The lowest BCUT2D eigenvalue weighted by Crippen LogP contribution is -2.42. The molecule has 41 heavy (non-hydrogen) atoms. The van der Waals surface area contributed by atoms with E-state index in [0.717, 1.165) is 11.1 Å². The number of benzene rings is 3. The summed E-state index contributed by atoms with van der Waals surface area (Å²) in [5.41, 5.74) is 1.58. The minimum atomic E-state index is -4.90. The Morgan fingerprint density at radius 2 is 1.46 bits per heavy atom. The number of alkyl halides is 5. The fourth-order valence-electron chi connectivity index (χ4n) is 4.60. The summed E-state index contributed by atoms with van der Waals surface area (Å²) in [6, 6.07) is 21.2. The second kappa shape index (κ2) is 13.8. The van der Waals surface area contributed by atoms with Crippen LogP contribution in [0.4, 0.5) is 22.0 Å². The normalized spacial score (nSPS) is 14.3. The summed E-state index contributed by atoms with van der Waals surface area (Å²) in [5.74, 6) is -0.483. The van der Waals surface area contributed by atoms with Crippen molar-refractivity contribution in [3.05, 3.63) is 131 Å². The third-order valence-electron chi connectivity index (χ3n) is 6.25. The van der Waals surface area contributed by atoms with Crippen molar-refractivity contribution in [3.8, 4) is 11.5 Å². The molecular formula is C32H31ClF5NO2. The van der Waals surface area contributed by atoms with Gasteiger partial charge in [-0.2, -0.15) is 8.78 Å². The van der Waals surface area contributed by atoms with Gasteiger partial charge >= 0.3 is 12.5 Å². The monoisotopic (exact) mass is 591 g/mol. The van der Waals surface area contributed by atoms with Crippen molar-refractivity contribution in [3.63, 3.8) is 0 Å². The van der Waals surface area contributed by atoms with E-state index in [1.165, 1.54) is 36.4 Å². The molecule has 1 unspecified atom stereocenters. The summed E-state index contributed by atoms with van der Waals surface area (Å²) < 4.78 is 76.2. The second-order valence-electron chi connectivity index (χ2n) is 9.44. The number of nitrogens with one attached hydrogen (secondary N) is 1. The molecule has 0 saturated heterocycles. The molecule has 0 aromatic heterocycles. The van der Waals surface area contributed by atoms with Crippen LogP contribution in [0.2, 0.25) is 0 Å². The van der Waals surface area contributed by atoms with Crippen molar-refractivity contribution >= 4 is 11.6 Å². The molecular weight excluding hydrogens is 561 g/mol. The summed E-state index contributed by atoms with van der Waals surface area (Å²) in [6.45, 7) is 6.68. The second-order valence-corrected chi connectivity index (χ2v) is 9.85. The highest BCUT2D eigenvalue weighted by Gasteiger charge is 2.37. The zero-order chi connectivity index (χ0) is 30.1. The third kappa shape index (κ3) is 9.47. The predicted octanol–water partition coefficient (Wildman–Crippen LogP) is 8.95. The van der Waals surface area contributed by atoms with Gasteiger partial charge in [0.2, 0.25) is 0 Å². The molecule has 0 saturated carbocycles. The zero-order valence-corrected chi connectivity index (χ0v) is 23.4. The van der Waals surface area contributed by atoms with Crippen LogP contribution in [0.1, 0.15) is 30.5 Å². The van der Waals surface area contributed by atoms with E-state index in [4.69, 9.17) is 16.3 Å². The van der Waals surface area contributed by atoms with Crippen molar-refractivity contribution in [1.29, 1.82) is 0 Å². The van der Waals surface area contributed by atoms with Crippen LogP contribution in [0.15, 0.2) is 114 Å². The minimum Gasteiger partial charge on any atom is -0.433 e. The summed E-state index contributed by atoms with van der Waals surface area (Å²) in [4.78, 5) is 0. The van der Waals surface area contributed by atoms with E-state index < -0.39 is 23.6 Å². The fraction of sp³-hybridized carbons (Fsp3) is 0.250. The van der Waals surface area contributed by atoms with Gasteiger partial charge in [0.1, 0.15) is 11.5 Å². The molecule has 0 bridgehead atoms. The number of allylic oxidation sites excluding steroid dienone is 3. The highest BCUT2D eigenvalue weighted by Crippen LogP contribution is 2.40. The molecule has 3 aromatic rings. The molecule has 0 aliphatic heterocycles. The van der Waals surface area contributed by atoms with Gasteiger partial charge in [0, 0.05) is 30.5 Å². The number of hydrogen-bond acceptors (Lipinski definition) is 3. The molecule has 0 radical (unpaired) electrons. The number of halogens is 6. The van der Waals surface area contributed by atoms with E-state index in [-0.39, 0.29) is 12.3 Å². The van der Waals surface area contributed by atoms with Crippen LogP contribution in [0, 0.1) is 0 Å². The maximum Gasteiger partial charge on any atom is 0.573 e. The van der Waals surface area contributed by atoms with Crippen molar-refractivity contribution < 1.29 is 31.4 Å². The van der Waals surface area contributed by atoms with Crippen LogP contribution in [-0.2, 0) is 11.8 Å². The van der Waals surface area contributed by atoms with Crippen LogP contribution in [0.3, 0.4) is 0 Å². The lowest BCUT2D eigenvalue weighted by atomic mass is 9.70. The molecule has 0 aliphatic rings. The summed E-state index contributed by atoms with van der Waals surface area (Å²) in [7, 11) is 0. The van der Waals surface area contributed by atoms with Crippen LogP contribution in [0.25, 0.3) is 0 Å². The molecule has 1 atom stereocenters. The Labute approximate surface area is 241 Å². The molecule has 218 valence electrons. The zero-order valence-electron chi connectivity index (χ0n) is 22.7. The molecule has 3 nitrogen and oxygen atoms in total. The fourth-order valence-corrected chi connectivity index (χ4v) is 4.73. The lowest BCUT2D eigenvalue weighted by molar-refractivity contribution is -0.274. The standard InChI is InChI=1S/C32H31ClF5NO2/c1-4-11-24(29(33)5-2)21-39-22-31(20-23-12-7-6-8-13-23,25-14-9-16-27(18-25)40-30(3,34)35)26-15-10-17-28(19-26)41-32(36,37)38/h4-19,39H,2,20-22H2,1,3H3/b11-4-,29-24-. The highest BCUT2D eigenvalue weighted by molar-refractivity contribution is 6.31. The summed E-state index contributed by atoms with van der Waals surface area (Å²) in [5, 5.41) is 3.82. The Balaban J connectivity index is 2.22. The molecule has 3 rings (SSSR count). The van der Waals surface area contributed by atoms with Gasteiger partial charge in [0.25, 0.3) is 0 Å². The Morgan fingerprint density at radius 3 is 1.98 bits per heavy atom. The van der Waals surface area contributed by atoms with Crippen molar-refractivity contribution in [2.24, 2.45) is 0 Å². The van der Waals surface area contributed by atoms with Crippen molar-refractivity contribution in [1.82, 2.24) is 5.32 Å². The first-order chi connectivity index (χ1) is 19.3. The quantitative estimate of drug-likeness (QED) is 0.159. The lowest BCUT2D eigenvalue weighted by Gasteiger charge is -2.36. The van der Waals surface area contributed by atoms with E-state index in [9.17, 15) is 22.0 Å². The van der Waals surface area contributed by atoms with E-state index >= 15 is 0 Å². The first-order valence-corrected chi connectivity index (χ1v) is 13.1. The maximum atomic E-state index is 13.8. The molecule has 0 fully saturated rings. The minimum absolute atomic E-state index is 0.0839. The van der Waals surface area contributed by atoms with Gasteiger partial charge in [-0.25, -0.2) is 0 Å². The van der Waals surface area contributed by atoms with Crippen molar-refractivity contribution in [2.75, 3.05) is 13.1 Å². The summed E-state index contributed by atoms with van der Waals surface area (Å²) >= 11 is 6.35.